The first-order chi connectivity index (χ1) is 13.7. The Morgan fingerprint density at radius 3 is 2.75 bits per heavy atom. The zero-order valence-electron chi connectivity index (χ0n) is 15.9. The van der Waals surface area contributed by atoms with Gasteiger partial charge in [-0.3, -0.25) is 9.69 Å². The largest absolute Gasteiger partial charge is 0.366 e. The molecule has 4 nitrogen and oxygen atoms in total. The second kappa shape index (κ2) is 8.67. The molecule has 2 heterocycles. The molecule has 0 saturated carbocycles. The van der Waals surface area contributed by atoms with Gasteiger partial charge in [-0.15, -0.1) is 0 Å². The van der Waals surface area contributed by atoms with Crippen LogP contribution in [0.5, 0.6) is 0 Å². The summed E-state index contributed by atoms with van der Waals surface area (Å²) in [7, 11) is 0. The number of benzene rings is 2. The number of fused-ring (bicyclic) bond motifs is 1. The van der Waals surface area contributed by atoms with Crippen molar-refractivity contribution in [3.05, 3.63) is 77.5 Å². The summed E-state index contributed by atoms with van der Waals surface area (Å²) in [5, 5.41) is 0.968. The van der Waals surface area contributed by atoms with Gasteiger partial charge in [0, 0.05) is 53.8 Å². The van der Waals surface area contributed by atoms with Crippen molar-refractivity contribution >= 4 is 34.1 Å². The fraction of sp³-hybridized carbons (Fsp3) is 0.261. The molecule has 1 aliphatic heterocycles. The van der Waals surface area contributed by atoms with Crippen LogP contribution in [-0.4, -0.2) is 41.2 Å². The highest BCUT2D eigenvalue weighted by atomic mass is 32.2. The quantitative estimate of drug-likeness (QED) is 0.591. The standard InChI is InChI=1S/C23H25N3OS/c24-23(27)20-7-4-8-21-22(20)19(15-25-21)16-28-14-13-26-11-9-18(10-12-26)17-5-2-1-3-6-17/h1-9,15,25H,10-14,16H2,(H2,24,27). The molecule has 0 spiro atoms. The summed E-state index contributed by atoms with van der Waals surface area (Å²) >= 11 is 1.90. The first-order valence-electron chi connectivity index (χ1n) is 9.65. The minimum Gasteiger partial charge on any atom is -0.366 e. The molecule has 0 unspecified atom stereocenters. The molecule has 0 bridgehead atoms. The van der Waals surface area contributed by atoms with E-state index in [1.807, 2.05) is 30.1 Å². The van der Waals surface area contributed by atoms with Crippen LogP contribution < -0.4 is 5.73 Å². The molecule has 0 saturated heterocycles. The van der Waals surface area contributed by atoms with Crippen LogP contribution in [0.15, 0.2) is 60.8 Å². The van der Waals surface area contributed by atoms with Crippen molar-refractivity contribution in [2.45, 2.75) is 12.2 Å². The van der Waals surface area contributed by atoms with Crippen molar-refractivity contribution in [2.75, 3.05) is 25.4 Å². The number of amides is 1. The Bertz CT molecular complexity index is 994. The molecule has 0 atom stereocenters. The third-order valence-electron chi connectivity index (χ3n) is 5.30. The number of aromatic amines is 1. The van der Waals surface area contributed by atoms with E-state index in [0.717, 1.165) is 54.0 Å². The van der Waals surface area contributed by atoms with Gasteiger partial charge in [-0.1, -0.05) is 42.5 Å². The van der Waals surface area contributed by atoms with E-state index in [-0.39, 0.29) is 5.91 Å². The fourth-order valence-electron chi connectivity index (χ4n) is 3.78. The smallest absolute Gasteiger partial charge is 0.249 e. The van der Waals surface area contributed by atoms with Gasteiger partial charge in [0.1, 0.15) is 0 Å². The second-order valence-corrected chi connectivity index (χ2v) is 8.21. The van der Waals surface area contributed by atoms with Crippen LogP contribution in [0.1, 0.15) is 27.9 Å². The highest BCUT2D eigenvalue weighted by Gasteiger charge is 2.14. The third-order valence-corrected chi connectivity index (χ3v) is 6.29. The van der Waals surface area contributed by atoms with E-state index in [0.29, 0.717) is 5.56 Å². The predicted molar refractivity (Wildman–Crippen MR) is 118 cm³/mol. The lowest BCUT2D eigenvalue weighted by Gasteiger charge is -2.26. The number of H-pyrrole nitrogens is 1. The number of thioether (sulfide) groups is 1. The van der Waals surface area contributed by atoms with Crippen molar-refractivity contribution in [1.29, 1.82) is 0 Å². The molecule has 0 aliphatic carbocycles. The molecule has 5 heteroatoms. The first kappa shape index (κ1) is 18.8. The van der Waals surface area contributed by atoms with Crippen molar-refractivity contribution in [3.8, 4) is 0 Å². The summed E-state index contributed by atoms with van der Waals surface area (Å²) < 4.78 is 0. The zero-order chi connectivity index (χ0) is 19.3. The molecule has 1 aliphatic rings. The molecule has 3 aromatic rings. The lowest BCUT2D eigenvalue weighted by atomic mass is 10.00. The van der Waals surface area contributed by atoms with Crippen LogP contribution in [0.25, 0.3) is 16.5 Å². The second-order valence-electron chi connectivity index (χ2n) is 7.10. The number of hydrogen-bond donors (Lipinski definition) is 2. The van der Waals surface area contributed by atoms with Crippen LogP contribution in [0.3, 0.4) is 0 Å². The number of carbonyl (C=O) groups excluding carboxylic acids is 1. The van der Waals surface area contributed by atoms with Gasteiger partial charge in [-0.25, -0.2) is 0 Å². The number of carbonyl (C=O) groups is 1. The molecule has 4 rings (SSSR count). The molecule has 1 amide bonds. The van der Waals surface area contributed by atoms with Crippen LogP contribution in [0.4, 0.5) is 0 Å². The van der Waals surface area contributed by atoms with Gasteiger partial charge in [0.15, 0.2) is 0 Å². The number of primary amides is 1. The van der Waals surface area contributed by atoms with Crippen molar-refractivity contribution in [1.82, 2.24) is 9.88 Å². The average molecular weight is 392 g/mol. The van der Waals surface area contributed by atoms with E-state index in [1.165, 1.54) is 11.1 Å². The summed E-state index contributed by atoms with van der Waals surface area (Å²) in [5.41, 5.74) is 11.1. The van der Waals surface area contributed by atoms with Gasteiger partial charge in [0.2, 0.25) is 5.91 Å². The Morgan fingerprint density at radius 2 is 2.00 bits per heavy atom. The normalized spacial score (nSPS) is 14.9. The van der Waals surface area contributed by atoms with E-state index in [2.05, 4.69) is 46.3 Å². The van der Waals surface area contributed by atoms with E-state index < -0.39 is 0 Å². The number of aromatic nitrogens is 1. The van der Waals surface area contributed by atoms with Gasteiger partial charge in [-0.2, -0.15) is 11.8 Å². The van der Waals surface area contributed by atoms with E-state index >= 15 is 0 Å². The Labute approximate surface area is 169 Å². The molecular formula is C23H25N3OS. The molecule has 1 aromatic heterocycles. The lowest BCUT2D eigenvalue weighted by molar-refractivity contribution is 0.100. The van der Waals surface area contributed by atoms with Crippen molar-refractivity contribution in [2.24, 2.45) is 5.73 Å². The van der Waals surface area contributed by atoms with Gasteiger partial charge >= 0.3 is 0 Å². The van der Waals surface area contributed by atoms with Crippen molar-refractivity contribution < 1.29 is 4.79 Å². The zero-order valence-corrected chi connectivity index (χ0v) is 16.7. The van der Waals surface area contributed by atoms with Gasteiger partial charge in [-0.05, 0) is 35.3 Å². The first-order valence-corrected chi connectivity index (χ1v) is 10.8. The lowest BCUT2D eigenvalue weighted by Crippen LogP contribution is -2.30. The highest BCUT2D eigenvalue weighted by Crippen LogP contribution is 2.26. The summed E-state index contributed by atoms with van der Waals surface area (Å²) in [6, 6.07) is 16.3. The van der Waals surface area contributed by atoms with Gasteiger partial charge in [0.25, 0.3) is 0 Å². The maximum absolute atomic E-state index is 11.7. The Hall–Kier alpha value is -2.50. The average Bonchev–Trinajstić information content (AvgIpc) is 3.15. The minimum absolute atomic E-state index is 0.370. The molecule has 0 radical (unpaired) electrons. The van der Waals surface area contributed by atoms with Crippen molar-refractivity contribution in [3.63, 3.8) is 0 Å². The Morgan fingerprint density at radius 1 is 1.14 bits per heavy atom. The summed E-state index contributed by atoms with van der Waals surface area (Å²) in [6.45, 7) is 3.21. The summed E-state index contributed by atoms with van der Waals surface area (Å²) in [4.78, 5) is 17.5. The van der Waals surface area contributed by atoms with E-state index in [1.54, 1.807) is 6.07 Å². The van der Waals surface area contributed by atoms with Crippen LogP contribution in [-0.2, 0) is 5.75 Å². The SMILES string of the molecule is NC(=O)c1cccc2[nH]cc(CSCCN3CC=C(c4ccccc4)CC3)c12. The molecular weight excluding hydrogens is 366 g/mol. The maximum atomic E-state index is 11.7. The van der Waals surface area contributed by atoms with E-state index in [4.69, 9.17) is 5.73 Å². The highest BCUT2D eigenvalue weighted by molar-refractivity contribution is 7.98. The number of hydrogen-bond acceptors (Lipinski definition) is 3. The third kappa shape index (κ3) is 4.16. The molecule has 0 fully saturated rings. The van der Waals surface area contributed by atoms with E-state index in [9.17, 15) is 4.79 Å². The van der Waals surface area contributed by atoms with Crippen LogP contribution in [0, 0.1) is 0 Å². The Kier molecular flexibility index (Phi) is 5.84. The maximum Gasteiger partial charge on any atom is 0.249 e. The van der Waals surface area contributed by atoms with Gasteiger partial charge in [0.05, 0.1) is 0 Å². The van der Waals surface area contributed by atoms with Crippen LogP contribution in [0.2, 0.25) is 0 Å². The molecule has 144 valence electrons. The molecule has 28 heavy (non-hydrogen) atoms. The topological polar surface area (TPSA) is 62.1 Å². The summed E-state index contributed by atoms with van der Waals surface area (Å²) in [6.07, 6.45) is 5.47. The Balaban J connectivity index is 1.30. The van der Waals surface area contributed by atoms with Gasteiger partial charge < -0.3 is 10.7 Å². The molecule has 3 N–H and O–H groups in total. The number of nitrogens with one attached hydrogen (secondary N) is 1. The van der Waals surface area contributed by atoms with Crippen LogP contribution >= 0.6 is 11.8 Å². The number of nitrogens with two attached hydrogens (primary N) is 1. The number of rotatable bonds is 7. The fourth-order valence-corrected chi connectivity index (χ4v) is 4.76. The minimum atomic E-state index is -0.370. The monoisotopic (exact) mass is 391 g/mol. The predicted octanol–water partition coefficient (Wildman–Crippen LogP) is 4.29. The summed E-state index contributed by atoms with van der Waals surface area (Å²) in [5.74, 6) is 1.58. The number of nitrogens with zero attached hydrogens (tertiary/aromatic N) is 1. The molecule has 2 aromatic carbocycles.